The number of nitrogens with zero attached hydrogens (tertiary/aromatic N) is 2. The van der Waals surface area contributed by atoms with E-state index in [2.05, 4.69) is 10.3 Å². The normalized spacial score (nSPS) is 16.1. The van der Waals surface area contributed by atoms with Crippen LogP contribution in [0.3, 0.4) is 0 Å². The van der Waals surface area contributed by atoms with Crippen LogP contribution in [0.15, 0.2) is 23.2 Å². The average Bonchev–Trinajstić information content (AvgIpc) is 3.12. The van der Waals surface area contributed by atoms with E-state index in [-0.39, 0.29) is 11.9 Å². The highest BCUT2D eigenvalue weighted by Crippen LogP contribution is 2.39. The van der Waals surface area contributed by atoms with Gasteiger partial charge < -0.3 is 25.4 Å². The van der Waals surface area contributed by atoms with Gasteiger partial charge in [-0.2, -0.15) is 0 Å². The quantitative estimate of drug-likeness (QED) is 0.538. The minimum absolute atomic E-state index is 0.130. The van der Waals surface area contributed by atoms with Crippen molar-refractivity contribution in [3.63, 3.8) is 0 Å². The predicted octanol–water partition coefficient (Wildman–Crippen LogP) is 2.86. The van der Waals surface area contributed by atoms with Gasteiger partial charge >= 0.3 is 0 Å². The van der Waals surface area contributed by atoms with Gasteiger partial charge in [-0.1, -0.05) is 12.8 Å². The fourth-order valence-corrected chi connectivity index (χ4v) is 3.52. The lowest BCUT2D eigenvalue weighted by atomic mass is 9.85. The molecule has 1 amide bonds. The van der Waals surface area contributed by atoms with E-state index in [0.717, 1.165) is 31.4 Å². The Morgan fingerprint density at radius 1 is 1.22 bits per heavy atom. The number of guanidine groups is 1. The van der Waals surface area contributed by atoms with Crippen LogP contribution in [-0.4, -0.2) is 50.6 Å². The van der Waals surface area contributed by atoms with Crippen molar-refractivity contribution >= 4 is 17.6 Å². The molecule has 1 aromatic carbocycles. The second-order valence-electron chi connectivity index (χ2n) is 7.04. The summed E-state index contributed by atoms with van der Waals surface area (Å²) in [5, 5.41) is 3.10. The van der Waals surface area contributed by atoms with Crippen LogP contribution in [0.2, 0.25) is 0 Å². The molecule has 0 bridgehead atoms. The highest BCUT2D eigenvalue weighted by molar-refractivity contribution is 5.94. The lowest BCUT2D eigenvalue weighted by molar-refractivity contribution is -0.138. The summed E-state index contributed by atoms with van der Waals surface area (Å²) in [6.07, 6.45) is 3.80. The van der Waals surface area contributed by atoms with E-state index in [1.54, 1.807) is 19.0 Å². The summed E-state index contributed by atoms with van der Waals surface area (Å²) in [6.45, 7) is 5.36. The van der Waals surface area contributed by atoms with Gasteiger partial charge in [0, 0.05) is 20.2 Å². The first-order valence-corrected chi connectivity index (χ1v) is 9.60. The Hall–Kier alpha value is -2.44. The number of anilines is 1. The third-order valence-corrected chi connectivity index (χ3v) is 4.80. The monoisotopic (exact) mass is 376 g/mol. The van der Waals surface area contributed by atoms with Crippen molar-refractivity contribution in [3.05, 3.63) is 18.2 Å². The summed E-state index contributed by atoms with van der Waals surface area (Å²) in [5.41, 5.74) is 6.38. The molecule has 27 heavy (non-hydrogen) atoms. The number of nitrogens with two attached hydrogens (primary N) is 1. The molecule has 1 aliphatic rings. The zero-order valence-corrected chi connectivity index (χ0v) is 16.9. The molecule has 0 aliphatic heterocycles. The average molecular weight is 377 g/mol. The van der Waals surface area contributed by atoms with Crippen molar-refractivity contribution in [2.75, 3.05) is 39.2 Å². The molecule has 1 aliphatic carbocycles. The lowest BCUT2D eigenvalue weighted by Gasteiger charge is -2.29. The molecule has 1 saturated carbocycles. The van der Waals surface area contributed by atoms with Crippen LogP contribution in [0, 0.1) is 5.41 Å². The second-order valence-corrected chi connectivity index (χ2v) is 7.04. The largest absolute Gasteiger partial charge is 0.494 e. The summed E-state index contributed by atoms with van der Waals surface area (Å²) in [7, 11) is 3.59. The molecular formula is C20H32N4O3. The maximum absolute atomic E-state index is 12.7. The highest BCUT2D eigenvalue weighted by Gasteiger charge is 2.41. The van der Waals surface area contributed by atoms with Crippen molar-refractivity contribution < 1.29 is 14.3 Å². The fraction of sp³-hybridized carbons (Fsp3) is 0.600. The third kappa shape index (κ3) is 5.28. The van der Waals surface area contributed by atoms with Gasteiger partial charge in [0.2, 0.25) is 5.91 Å². The Kier molecular flexibility index (Phi) is 7.33. The zero-order valence-electron chi connectivity index (χ0n) is 16.9. The molecule has 0 heterocycles. The molecule has 2 rings (SSSR count). The molecule has 0 aromatic heterocycles. The van der Waals surface area contributed by atoms with E-state index in [4.69, 9.17) is 15.2 Å². The summed E-state index contributed by atoms with van der Waals surface area (Å²) in [5.74, 6) is 1.80. The molecule has 1 aromatic rings. The summed E-state index contributed by atoms with van der Waals surface area (Å²) in [4.78, 5) is 18.8. The number of ether oxygens (including phenoxy) is 2. The first kappa shape index (κ1) is 20.9. The van der Waals surface area contributed by atoms with E-state index in [1.807, 2.05) is 32.0 Å². The molecule has 0 radical (unpaired) electrons. The number of carbonyl (C=O) groups is 1. The molecular weight excluding hydrogens is 344 g/mol. The first-order chi connectivity index (χ1) is 12.9. The Bertz CT molecular complexity index is 667. The van der Waals surface area contributed by atoms with Gasteiger partial charge in [-0.05, 0) is 38.8 Å². The van der Waals surface area contributed by atoms with Gasteiger partial charge in [-0.25, -0.2) is 0 Å². The molecule has 7 nitrogen and oxygen atoms in total. The number of hydrogen-bond acceptors (Lipinski definition) is 4. The Labute approximate surface area is 161 Å². The summed E-state index contributed by atoms with van der Waals surface area (Å²) < 4.78 is 11.2. The van der Waals surface area contributed by atoms with Gasteiger partial charge in [0.15, 0.2) is 5.96 Å². The van der Waals surface area contributed by atoms with Crippen LogP contribution in [0.4, 0.5) is 5.69 Å². The molecule has 0 unspecified atom stereocenters. The second kappa shape index (κ2) is 9.48. The van der Waals surface area contributed by atoms with Gasteiger partial charge in [-0.15, -0.1) is 0 Å². The van der Waals surface area contributed by atoms with Crippen LogP contribution in [0.1, 0.15) is 39.5 Å². The van der Waals surface area contributed by atoms with E-state index >= 15 is 0 Å². The Balaban J connectivity index is 2.16. The molecule has 1 fully saturated rings. The number of rotatable bonds is 8. The minimum atomic E-state index is -0.439. The minimum Gasteiger partial charge on any atom is -0.494 e. The van der Waals surface area contributed by atoms with Crippen molar-refractivity contribution in [1.29, 1.82) is 0 Å². The SMILES string of the molecule is CCOc1ccc(OCC)c(NC(N)=NCC2(C(=O)N(C)C)CCCC2)c1. The van der Waals surface area contributed by atoms with Crippen molar-refractivity contribution in [2.45, 2.75) is 39.5 Å². The standard InChI is InChI=1S/C20H32N4O3/c1-5-26-15-9-10-17(27-6-2)16(13-15)23-19(21)22-14-20(11-7-8-12-20)18(25)24(3)4/h9-10,13H,5-8,11-12,14H2,1-4H3,(H3,21,22,23). The maximum Gasteiger partial charge on any atom is 0.230 e. The summed E-state index contributed by atoms with van der Waals surface area (Å²) in [6, 6.07) is 5.54. The number of carbonyl (C=O) groups excluding carboxylic acids is 1. The summed E-state index contributed by atoms with van der Waals surface area (Å²) >= 11 is 0. The van der Waals surface area contributed by atoms with Gasteiger partial charge in [-0.3, -0.25) is 9.79 Å². The molecule has 0 saturated heterocycles. The van der Waals surface area contributed by atoms with Crippen LogP contribution >= 0.6 is 0 Å². The van der Waals surface area contributed by atoms with E-state index < -0.39 is 5.41 Å². The predicted molar refractivity (Wildman–Crippen MR) is 108 cm³/mol. The molecule has 7 heteroatoms. The van der Waals surface area contributed by atoms with E-state index in [0.29, 0.717) is 31.2 Å². The number of hydrogen-bond donors (Lipinski definition) is 2. The zero-order chi connectivity index (χ0) is 19.9. The number of aliphatic imine (C=N–C) groups is 1. The smallest absolute Gasteiger partial charge is 0.230 e. The molecule has 3 N–H and O–H groups in total. The maximum atomic E-state index is 12.7. The van der Waals surface area contributed by atoms with Crippen LogP contribution < -0.4 is 20.5 Å². The highest BCUT2D eigenvalue weighted by atomic mass is 16.5. The van der Waals surface area contributed by atoms with Gasteiger partial charge in [0.1, 0.15) is 11.5 Å². The van der Waals surface area contributed by atoms with Crippen molar-refractivity contribution in [1.82, 2.24) is 4.90 Å². The number of nitrogens with one attached hydrogen (secondary N) is 1. The van der Waals surface area contributed by atoms with Gasteiger partial charge in [0.05, 0.1) is 30.9 Å². The Morgan fingerprint density at radius 2 is 1.89 bits per heavy atom. The molecule has 0 atom stereocenters. The Morgan fingerprint density at radius 3 is 2.48 bits per heavy atom. The van der Waals surface area contributed by atoms with Gasteiger partial charge in [0.25, 0.3) is 0 Å². The lowest BCUT2D eigenvalue weighted by Crippen LogP contribution is -2.41. The van der Waals surface area contributed by atoms with Crippen LogP contribution in [0.25, 0.3) is 0 Å². The van der Waals surface area contributed by atoms with Crippen molar-refractivity contribution in [2.24, 2.45) is 16.1 Å². The van der Waals surface area contributed by atoms with Crippen LogP contribution in [-0.2, 0) is 4.79 Å². The van der Waals surface area contributed by atoms with E-state index in [1.165, 1.54) is 0 Å². The van der Waals surface area contributed by atoms with Crippen molar-refractivity contribution in [3.8, 4) is 11.5 Å². The third-order valence-electron chi connectivity index (χ3n) is 4.80. The topological polar surface area (TPSA) is 89.2 Å². The first-order valence-electron chi connectivity index (χ1n) is 9.60. The number of amides is 1. The molecule has 150 valence electrons. The number of benzene rings is 1. The van der Waals surface area contributed by atoms with E-state index in [9.17, 15) is 4.79 Å². The van der Waals surface area contributed by atoms with Crippen LogP contribution in [0.5, 0.6) is 11.5 Å². The fourth-order valence-electron chi connectivity index (χ4n) is 3.52. The molecule has 0 spiro atoms.